The molecule has 0 atom stereocenters. The van der Waals surface area contributed by atoms with Crippen LogP contribution in [0.2, 0.25) is 0 Å². The molecular formula is C13H20FNO. The SMILES string of the molecule is Cc1cc(OCCNC(C)(C)C)ccc1F. The highest BCUT2D eigenvalue weighted by molar-refractivity contribution is 5.28. The second-order valence-corrected chi connectivity index (χ2v) is 4.94. The van der Waals surface area contributed by atoms with Crippen molar-refractivity contribution in [3.63, 3.8) is 0 Å². The van der Waals surface area contributed by atoms with Gasteiger partial charge in [0, 0.05) is 12.1 Å². The standard InChI is InChI=1S/C13H20FNO/c1-10-9-11(5-6-12(10)14)16-8-7-15-13(2,3)4/h5-6,9,15H,7-8H2,1-4H3. The van der Waals surface area contributed by atoms with Crippen LogP contribution in [0.25, 0.3) is 0 Å². The van der Waals surface area contributed by atoms with Crippen molar-refractivity contribution in [1.29, 1.82) is 0 Å². The zero-order chi connectivity index (χ0) is 12.2. The molecule has 1 rings (SSSR count). The summed E-state index contributed by atoms with van der Waals surface area (Å²) in [7, 11) is 0. The number of ether oxygens (including phenoxy) is 1. The van der Waals surface area contributed by atoms with Crippen molar-refractivity contribution in [3.05, 3.63) is 29.6 Å². The third kappa shape index (κ3) is 4.62. The Morgan fingerprint density at radius 3 is 2.56 bits per heavy atom. The number of halogens is 1. The van der Waals surface area contributed by atoms with Gasteiger partial charge >= 0.3 is 0 Å². The van der Waals surface area contributed by atoms with Crippen LogP contribution in [0.1, 0.15) is 26.3 Å². The van der Waals surface area contributed by atoms with E-state index < -0.39 is 0 Å². The summed E-state index contributed by atoms with van der Waals surface area (Å²) in [6, 6.07) is 4.80. The summed E-state index contributed by atoms with van der Waals surface area (Å²) < 4.78 is 18.5. The number of hydrogen-bond acceptors (Lipinski definition) is 2. The van der Waals surface area contributed by atoms with Crippen LogP contribution < -0.4 is 10.1 Å². The van der Waals surface area contributed by atoms with E-state index in [1.54, 1.807) is 19.1 Å². The van der Waals surface area contributed by atoms with Gasteiger partial charge in [-0.2, -0.15) is 0 Å². The minimum Gasteiger partial charge on any atom is -0.492 e. The highest BCUT2D eigenvalue weighted by Gasteiger charge is 2.07. The Morgan fingerprint density at radius 1 is 1.31 bits per heavy atom. The zero-order valence-electron chi connectivity index (χ0n) is 10.4. The first-order valence-electron chi connectivity index (χ1n) is 5.52. The van der Waals surface area contributed by atoms with E-state index in [9.17, 15) is 4.39 Å². The number of aryl methyl sites for hydroxylation is 1. The molecule has 0 aromatic heterocycles. The van der Waals surface area contributed by atoms with Crippen LogP contribution in [0, 0.1) is 12.7 Å². The Morgan fingerprint density at radius 2 is 2.00 bits per heavy atom. The Balaban J connectivity index is 2.35. The minimum atomic E-state index is -0.194. The summed E-state index contributed by atoms with van der Waals surface area (Å²) in [6.07, 6.45) is 0. The fourth-order valence-electron chi connectivity index (χ4n) is 1.30. The molecule has 0 heterocycles. The molecule has 0 aliphatic heterocycles. The van der Waals surface area contributed by atoms with Crippen LogP contribution >= 0.6 is 0 Å². The lowest BCUT2D eigenvalue weighted by Gasteiger charge is -2.20. The molecule has 0 aliphatic rings. The van der Waals surface area contributed by atoms with E-state index >= 15 is 0 Å². The molecule has 0 bridgehead atoms. The summed E-state index contributed by atoms with van der Waals surface area (Å²) in [4.78, 5) is 0. The largest absolute Gasteiger partial charge is 0.492 e. The van der Waals surface area contributed by atoms with Gasteiger partial charge in [0.05, 0.1) is 0 Å². The van der Waals surface area contributed by atoms with E-state index in [4.69, 9.17) is 4.74 Å². The Kier molecular flexibility index (Phi) is 4.30. The van der Waals surface area contributed by atoms with Crippen molar-refractivity contribution < 1.29 is 9.13 Å². The molecule has 16 heavy (non-hydrogen) atoms. The summed E-state index contributed by atoms with van der Waals surface area (Å²) in [5.41, 5.74) is 0.712. The quantitative estimate of drug-likeness (QED) is 0.795. The van der Waals surface area contributed by atoms with Crippen LogP contribution in [0.3, 0.4) is 0 Å². The average Bonchev–Trinajstić information content (AvgIpc) is 2.17. The molecule has 0 unspecified atom stereocenters. The summed E-state index contributed by atoms with van der Waals surface area (Å²) in [5, 5.41) is 3.32. The predicted molar refractivity (Wildman–Crippen MR) is 64.4 cm³/mol. The molecule has 0 aliphatic carbocycles. The molecule has 0 saturated heterocycles. The fourth-order valence-corrected chi connectivity index (χ4v) is 1.30. The van der Waals surface area contributed by atoms with E-state index in [-0.39, 0.29) is 11.4 Å². The highest BCUT2D eigenvalue weighted by atomic mass is 19.1. The zero-order valence-corrected chi connectivity index (χ0v) is 10.4. The summed E-state index contributed by atoms with van der Waals surface area (Å²) in [5.74, 6) is 0.523. The molecule has 1 aromatic rings. The lowest BCUT2D eigenvalue weighted by molar-refractivity contribution is 0.290. The molecule has 0 radical (unpaired) electrons. The average molecular weight is 225 g/mol. The van der Waals surface area contributed by atoms with Crippen LogP contribution in [-0.2, 0) is 0 Å². The van der Waals surface area contributed by atoms with Gasteiger partial charge in [-0.3, -0.25) is 0 Å². The molecule has 2 nitrogen and oxygen atoms in total. The normalized spacial score (nSPS) is 11.6. The minimum absolute atomic E-state index is 0.0993. The molecule has 90 valence electrons. The maximum absolute atomic E-state index is 13.0. The molecule has 0 spiro atoms. The number of nitrogens with one attached hydrogen (secondary N) is 1. The van der Waals surface area contributed by atoms with Gasteiger partial charge in [0.1, 0.15) is 18.2 Å². The smallest absolute Gasteiger partial charge is 0.126 e. The molecule has 1 N–H and O–H groups in total. The van der Waals surface area contributed by atoms with Gasteiger partial charge in [0.15, 0.2) is 0 Å². The van der Waals surface area contributed by atoms with Crippen LogP contribution in [0.5, 0.6) is 5.75 Å². The van der Waals surface area contributed by atoms with E-state index in [0.29, 0.717) is 12.2 Å². The number of benzene rings is 1. The van der Waals surface area contributed by atoms with Crippen molar-refractivity contribution in [1.82, 2.24) is 5.32 Å². The van der Waals surface area contributed by atoms with Gasteiger partial charge in [-0.05, 0) is 51.5 Å². The van der Waals surface area contributed by atoms with Crippen molar-refractivity contribution in [2.24, 2.45) is 0 Å². The van der Waals surface area contributed by atoms with Crippen LogP contribution in [0.15, 0.2) is 18.2 Å². The van der Waals surface area contributed by atoms with Crippen molar-refractivity contribution in [2.45, 2.75) is 33.2 Å². The molecule has 3 heteroatoms. The maximum atomic E-state index is 13.0. The van der Waals surface area contributed by atoms with Gasteiger partial charge in [-0.1, -0.05) is 0 Å². The van der Waals surface area contributed by atoms with Crippen molar-refractivity contribution in [3.8, 4) is 5.75 Å². The summed E-state index contributed by atoms with van der Waals surface area (Å²) >= 11 is 0. The first-order valence-corrected chi connectivity index (χ1v) is 5.52. The Bertz CT molecular complexity index is 344. The van der Waals surface area contributed by atoms with Crippen LogP contribution in [0.4, 0.5) is 4.39 Å². The first-order chi connectivity index (χ1) is 7.38. The van der Waals surface area contributed by atoms with Gasteiger partial charge in [0.25, 0.3) is 0 Å². The van der Waals surface area contributed by atoms with E-state index in [2.05, 4.69) is 26.1 Å². The Labute approximate surface area is 96.8 Å². The Hall–Kier alpha value is -1.09. The fraction of sp³-hybridized carbons (Fsp3) is 0.538. The van der Waals surface area contributed by atoms with Gasteiger partial charge in [-0.25, -0.2) is 4.39 Å². The monoisotopic (exact) mass is 225 g/mol. The number of hydrogen-bond donors (Lipinski definition) is 1. The first kappa shape index (κ1) is 13.0. The van der Waals surface area contributed by atoms with E-state index in [1.807, 2.05) is 0 Å². The molecule has 1 aromatic carbocycles. The second-order valence-electron chi connectivity index (χ2n) is 4.94. The second kappa shape index (κ2) is 5.30. The van der Waals surface area contributed by atoms with E-state index in [1.165, 1.54) is 6.07 Å². The van der Waals surface area contributed by atoms with Gasteiger partial charge in [0.2, 0.25) is 0 Å². The van der Waals surface area contributed by atoms with Crippen molar-refractivity contribution >= 4 is 0 Å². The van der Waals surface area contributed by atoms with Crippen LogP contribution in [-0.4, -0.2) is 18.7 Å². The number of rotatable bonds is 4. The van der Waals surface area contributed by atoms with Gasteiger partial charge in [-0.15, -0.1) is 0 Å². The highest BCUT2D eigenvalue weighted by Crippen LogP contribution is 2.15. The maximum Gasteiger partial charge on any atom is 0.126 e. The predicted octanol–water partition coefficient (Wildman–Crippen LogP) is 2.90. The summed E-state index contributed by atoms with van der Waals surface area (Å²) in [6.45, 7) is 9.41. The third-order valence-corrected chi connectivity index (χ3v) is 2.16. The van der Waals surface area contributed by atoms with Crippen molar-refractivity contribution in [2.75, 3.05) is 13.2 Å². The third-order valence-electron chi connectivity index (χ3n) is 2.16. The lowest BCUT2D eigenvalue weighted by Crippen LogP contribution is -2.38. The molecule has 0 saturated carbocycles. The molecule has 0 amide bonds. The molecular weight excluding hydrogens is 205 g/mol. The molecule has 0 fully saturated rings. The lowest BCUT2D eigenvalue weighted by atomic mass is 10.1. The van der Waals surface area contributed by atoms with E-state index in [0.717, 1.165) is 12.3 Å². The van der Waals surface area contributed by atoms with Gasteiger partial charge < -0.3 is 10.1 Å². The topological polar surface area (TPSA) is 21.3 Å².